The molecule has 9 nitrogen and oxygen atoms in total. The van der Waals surface area contributed by atoms with Gasteiger partial charge in [-0.05, 0) is 98.9 Å². The number of piperidine rings is 1. The first-order valence-corrected chi connectivity index (χ1v) is 16.0. The highest BCUT2D eigenvalue weighted by Crippen LogP contribution is 2.60. The van der Waals surface area contributed by atoms with Gasteiger partial charge in [0, 0.05) is 25.3 Å². The molecule has 1 N–H and O–H groups in total. The summed E-state index contributed by atoms with van der Waals surface area (Å²) < 4.78 is 10.8. The van der Waals surface area contributed by atoms with Crippen molar-refractivity contribution in [3.8, 4) is 11.5 Å². The van der Waals surface area contributed by atoms with Gasteiger partial charge in [-0.3, -0.25) is 14.4 Å². The van der Waals surface area contributed by atoms with Crippen LogP contribution in [0.1, 0.15) is 56.9 Å². The van der Waals surface area contributed by atoms with E-state index in [-0.39, 0.29) is 30.6 Å². The van der Waals surface area contributed by atoms with Gasteiger partial charge in [0.1, 0.15) is 12.1 Å². The second kappa shape index (κ2) is 10.2. The maximum atomic E-state index is 14.2. The van der Waals surface area contributed by atoms with E-state index in [9.17, 15) is 14.4 Å². The molecule has 7 aliphatic rings. The number of hydrogen-bond acceptors (Lipinski definition) is 6. The van der Waals surface area contributed by atoms with E-state index < -0.39 is 5.54 Å². The van der Waals surface area contributed by atoms with Crippen LogP contribution in [0.3, 0.4) is 0 Å². The molecule has 0 radical (unpaired) electrons. The van der Waals surface area contributed by atoms with Crippen molar-refractivity contribution < 1.29 is 23.9 Å². The lowest BCUT2D eigenvalue weighted by Crippen LogP contribution is -2.61. The van der Waals surface area contributed by atoms with E-state index in [1.54, 1.807) is 4.90 Å². The summed E-state index contributed by atoms with van der Waals surface area (Å²) in [6, 6.07) is 15.6. The molecule has 2 aromatic carbocycles. The van der Waals surface area contributed by atoms with Crippen LogP contribution in [0.2, 0.25) is 0 Å². The Bertz CT molecular complexity index is 1400. The van der Waals surface area contributed by atoms with Gasteiger partial charge in [0.15, 0.2) is 11.5 Å². The predicted octanol–water partition coefficient (Wildman–Crippen LogP) is 3.92. The van der Waals surface area contributed by atoms with Crippen LogP contribution < -0.4 is 19.7 Å². The predicted molar refractivity (Wildman–Crippen MR) is 159 cm³/mol. The molecule has 3 aliphatic heterocycles. The first-order chi connectivity index (χ1) is 20.9. The lowest BCUT2D eigenvalue weighted by Gasteiger charge is -2.57. The number of nitrogens with one attached hydrogen (secondary N) is 1. The van der Waals surface area contributed by atoms with Crippen molar-refractivity contribution in [1.82, 2.24) is 15.1 Å². The summed E-state index contributed by atoms with van der Waals surface area (Å²) in [6.07, 6.45) is 8.28. The molecule has 226 valence electrons. The Hall–Kier alpha value is -3.75. The molecule has 0 unspecified atom stereocenters. The summed E-state index contributed by atoms with van der Waals surface area (Å²) in [5.41, 5.74) is 0.959. The van der Waals surface area contributed by atoms with Gasteiger partial charge in [-0.25, -0.2) is 0 Å². The number of anilines is 1. The van der Waals surface area contributed by atoms with Crippen molar-refractivity contribution in [1.29, 1.82) is 0 Å². The van der Waals surface area contributed by atoms with E-state index in [0.29, 0.717) is 56.6 Å². The third-order valence-electron chi connectivity index (χ3n) is 11.2. The van der Waals surface area contributed by atoms with E-state index in [1.807, 2.05) is 48.5 Å². The van der Waals surface area contributed by atoms with Crippen LogP contribution >= 0.6 is 0 Å². The fraction of sp³-hybridized carbons (Fsp3) is 0.559. The zero-order valence-electron chi connectivity index (χ0n) is 24.6. The van der Waals surface area contributed by atoms with Crippen LogP contribution in [0.5, 0.6) is 11.5 Å². The Morgan fingerprint density at radius 2 is 1.56 bits per heavy atom. The summed E-state index contributed by atoms with van der Waals surface area (Å²) in [5, 5.41) is 2.97. The van der Waals surface area contributed by atoms with Crippen LogP contribution in [0, 0.1) is 23.2 Å². The smallest absolute Gasteiger partial charge is 0.250 e. The summed E-state index contributed by atoms with van der Waals surface area (Å²) >= 11 is 0. The highest BCUT2D eigenvalue weighted by atomic mass is 16.7. The number of fused-ring (bicyclic) bond motifs is 1. The number of carbonyl (C=O) groups excluding carboxylic acids is 3. The van der Waals surface area contributed by atoms with E-state index >= 15 is 0 Å². The van der Waals surface area contributed by atoms with E-state index in [2.05, 4.69) is 15.1 Å². The fourth-order valence-electron chi connectivity index (χ4n) is 9.59. The third kappa shape index (κ3) is 4.54. The Balaban J connectivity index is 0.959. The molecule has 2 saturated heterocycles. The van der Waals surface area contributed by atoms with Crippen molar-refractivity contribution in [3.05, 3.63) is 54.1 Å². The molecule has 3 amide bonds. The Labute approximate surface area is 252 Å². The van der Waals surface area contributed by atoms with Crippen LogP contribution in [0.4, 0.5) is 5.69 Å². The number of benzene rings is 2. The second-order valence-corrected chi connectivity index (χ2v) is 13.9. The van der Waals surface area contributed by atoms with Gasteiger partial charge in [0.05, 0.1) is 12.1 Å². The Morgan fingerprint density at radius 1 is 0.884 bits per heavy atom. The van der Waals surface area contributed by atoms with Crippen molar-refractivity contribution in [2.75, 3.05) is 38.0 Å². The number of nitrogens with zero attached hydrogens (tertiary/aromatic N) is 3. The number of para-hydroxylation sites is 1. The largest absolute Gasteiger partial charge is 0.454 e. The second-order valence-electron chi connectivity index (χ2n) is 13.9. The van der Waals surface area contributed by atoms with Crippen molar-refractivity contribution >= 4 is 23.4 Å². The number of likely N-dealkylation sites (tertiary alicyclic amines) is 1. The monoisotopic (exact) mass is 584 g/mol. The molecule has 43 heavy (non-hydrogen) atoms. The van der Waals surface area contributed by atoms with E-state index in [4.69, 9.17) is 9.47 Å². The minimum atomic E-state index is -0.753. The lowest BCUT2D eigenvalue weighted by molar-refractivity contribution is -0.160. The van der Waals surface area contributed by atoms with Crippen molar-refractivity contribution in [2.24, 2.45) is 23.2 Å². The molecule has 0 atom stereocenters. The summed E-state index contributed by atoms with van der Waals surface area (Å²) in [6.45, 7) is 2.05. The van der Waals surface area contributed by atoms with Gasteiger partial charge in [-0.15, -0.1) is 0 Å². The topological polar surface area (TPSA) is 91.4 Å². The molecular weight excluding hydrogens is 544 g/mol. The molecule has 6 fully saturated rings. The van der Waals surface area contributed by atoms with E-state index in [1.165, 1.54) is 19.3 Å². The number of amides is 3. The SMILES string of the molecule is O=C(CN1CN(c2ccccc2)C2(CCN(C(=O)C34CC5CC(CC(C5)C3)C4)CC2)C1=O)NCc1ccc2c(c1)OCO2. The molecule has 0 aromatic heterocycles. The number of ether oxygens (including phenoxy) is 2. The Kier molecular flexibility index (Phi) is 6.35. The van der Waals surface area contributed by atoms with Crippen molar-refractivity contribution in [3.63, 3.8) is 0 Å². The normalized spacial score (nSPS) is 29.9. The number of hydrogen-bond donors (Lipinski definition) is 1. The molecule has 3 heterocycles. The van der Waals surface area contributed by atoms with Gasteiger partial charge in [0.25, 0.3) is 5.91 Å². The zero-order valence-corrected chi connectivity index (χ0v) is 24.6. The molecular formula is C34H40N4O5. The van der Waals surface area contributed by atoms with Crippen molar-refractivity contribution in [2.45, 2.75) is 63.5 Å². The summed E-state index contributed by atoms with van der Waals surface area (Å²) in [4.78, 5) is 47.3. The molecule has 4 saturated carbocycles. The average molecular weight is 585 g/mol. The highest BCUT2D eigenvalue weighted by molar-refractivity contribution is 5.96. The van der Waals surface area contributed by atoms with E-state index in [0.717, 1.165) is 48.3 Å². The van der Waals surface area contributed by atoms with Gasteiger partial charge in [0.2, 0.25) is 18.6 Å². The van der Waals surface area contributed by atoms with Crippen LogP contribution in [0.25, 0.3) is 0 Å². The van der Waals surface area contributed by atoms with Gasteiger partial charge in [-0.2, -0.15) is 0 Å². The van der Waals surface area contributed by atoms with Crippen LogP contribution in [-0.2, 0) is 20.9 Å². The lowest BCUT2D eigenvalue weighted by atomic mass is 9.49. The number of carbonyl (C=O) groups is 3. The quantitative estimate of drug-likeness (QED) is 0.554. The van der Waals surface area contributed by atoms with Gasteiger partial charge in [-0.1, -0.05) is 24.3 Å². The maximum absolute atomic E-state index is 14.2. The minimum Gasteiger partial charge on any atom is -0.454 e. The highest BCUT2D eigenvalue weighted by Gasteiger charge is 2.58. The maximum Gasteiger partial charge on any atom is 0.250 e. The molecule has 4 aliphatic carbocycles. The van der Waals surface area contributed by atoms with Crippen LogP contribution in [-0.4, -0.2) is 66.2 Å². The standard InChI is InChI=1S/C34H40N4O5/c39-30(35-19-23-6-7-28-29(15-23)43-22-42-28)20-37-21-38(27-4-2-1-3-5-27)34(32(37)41)8-10-36(11-9-34)31(40)33-16-24-12-25(17-33)14-26(13-24)18-33/h1-7,15,24-26H,8-14,16-22H2,(H,35,39). The number of rotatable bonds is 6. The summed E-state index contributed by atoms with van der Waals surface area (Å²) in [5.74, 6) is 3.67. The summed E-state index contributed by atoms with van der Waals surface area (Å²) in [7, 11) is 0. The molecule has 1 spiro atoms. The first kappa shape index (κ1) is 26.8. The molecule has 4 bridgehead atoms. The molecule has 9 rings (SSSR count). The molecule has 9 heteroatoms. The third-order valence-corrected chi connectivity index (χ3v) is 11.2. The Morgan fingerprint density at radius 3 is 2.26 bits per heavy atom. The zero-order chi connectivity index (χ0) is 29.2. The molecule has 2 aromatic rings. The van der Waals surface area contributed by atoms with Gasteiger partial charge < -0.3 is 29.5 Å². The minimum absolute atomic E-state index is 0.00953. The van der Waals surface area contributed by atoms with Crippen LogP contribution in [0.15, 0.2) is 48.5 Å². The first-order valence-electron chi connectivity index (χ1n) is 16.0. The average Bonchev–Trinajstić information content (AvgIpc) is 3.58. The van der Waals surface area contributed by atoms with Gasteiger partial charge >= 0.3 is 0 Å². The fourth-order valence-corrected chi connectivity index (χ4v) is 9.59.